The van der Waals surface area contributed by atoms with Crippen molar-refractivity contribution in [3.63, 3.8) is 0 Å². The van der Waals surface area contributed by atoms with Gasteiger partial charge >= 0.3 is 0 Å². The number of nitrogens with two attached hydrogens (primary N) is 1. The van der Waals surface area contributed by atoms with Gasteiger partial charge in [-0.25, -0.2) is 0 Å². The molecule has 1 rings (SSSR count). The first kappa shape index (κ1) is 14.5. The van der Waals surface area contributed by atoms with Crippen LogP contribution in [0.2, 0.25) is 0 Å². The second kappa shape index (κ2) is 5.36. The quantitative estimate of drug-likeness (QED) is 0.488. The van der Waals surface area contributed by atoms with Gasteiger partial charge < -0.3 is 15.7 Å². The van der Waals surface area contributed by atoms with Gasteiger partial charge in [-0.15, -0.1) is 0 Å². The molecule has 0 atom stereocenters. The number of likely N-dealkylation sites (N-methyl/N-ethyl adjacent to an activating group) is 1. The lowest BCUT2D eigenvalue weighted by Gasteiger charge is -2.31. The van der Waals surface area contributed by atoms with Crippen LogP contribution in [0.1, 0.15) is 46.0 Å². The van der Waals surface area contributed by atoms with Crippen molar-refractivity contribution in [2.75, 3.05) is 20.1 Å². The van der Waals surface area contributed by atoms with Gasteiger partial charge in [0.2, 0.25) is 0 Å². The van der Waals surface area contributed by atoms with E-state index < -0.39 is 5.60 Å². The zero-order valence-electron chi connectivity index (χ0n) is 11.4. The number of rotatable bonds is 6. The Bertz CT molecular complexity index is 270. The zero-order chi connectivity index (χ0) is 13.1. The fourth-order valence-corrected chi connectivity index (χ4v) is 2.38. The van der Waals surface area contributed by atoms with E-state index in [0.717, 1.165) is 45.2 Å². The van der Waals surface area contributed by atoms with Crippen molar-refractivity contribution in [1.82, 2.24) is 4.90 Å². The topological polar surface area (TPSA) is 73.3 Å². The van der Waals surface area contributed by atoms with E-state index in [1.165, 1.54) is 0 Å². The number of aliphatic hydroxyl groups is 1. The van der Waals surface area contributed by atoms with E-state index in [1.54, 1.807) is 0 Å². The highest BCUT2D eigenvalue weighted by Crippen LogP contribution is 2.30. The van der Waals surface area contributed by atoms with Gasteiger partial charge in [-0.3, -0.25) is 5.41 Å². The summed E-state index contributed by atoms with van der Waals surface area (Å²) >= 11 is 0. The molecule has 4 heteroatoms. The summed E-state index contributed by atoms with van der Waals surface area (Å²) in [4.78, 5) is 2.16. The maximum absolute atomic E-state index is 10.3. The summed E-state index contributed by atoms with van der Waals surface area (Å²) in [6.07, 6.45) is 4.99. The van der Waals surface area contributed by atoms with Crippen molar-refractivity contribution in [3.8, 4) is 0 Å². The molecule has 0 aliphatic heterocycles. The van der Waals surface area contributed by atoms with Crippen molar-refractivity contribution in [1.29, 1.82) is 5.41 Å². The molecule has 4 nitrogen and oxygen atoms in total. The molecule has 0 aromatic heterocycles. The maximum atomic E-state index is 10.3. The van der Waals surface area contributed by atoms with Crippen LogP contribution >= 0.6 is 0 Å². The second-order valence-corrected chi connectivity index (χ2v) is 6.22. The van der Waals surface area contributed by atoms with E-state index in [1.807, 2.05) is 20.9 Å². The highest BCUT2D eigenvalue weighted by atomic mass is 16.3. The Kier molecular flexibility index (Phi) is 4.55. The third kappa shape index (κ3) is 4.28. The lowest BCUT2D eigenvalue weighted by molar-refractivity contribution is 0.0149. The molecule has 17 heavy (non-hydrogen) atoms. The van der Waals surface area contributed by atoms with Crippen molar-refractivity contribution in [2.24, 2.45) is 11.1 Å². The van der Waals surface area contributed by atoms with Gasteiger partial charge in [0.05, 0.1) is 11.4 Å². The minimum atomic E-state index is -0.477. The molecule has 0 aromatic rings. The van der Waals surface area contributed by atoms with E-state index in [-0.39, 0.29) is 11.3 Å². The van der Waals surface area contributed by atoms with Crippen molar-refractivity contribution >= 4 is 5.84 Å². The van der Waals surface area contributed by atoms with E-state index in [0.29, 0.717) is 0 Å². The first-order valence-electron chi connectivity index (χ1n) is 6.51. The van der Waals surface area contributed by atoms with Gasteiger partial charge in [-0.2, -0.15) is 0 Å². The third-order valence-electron chi connectivity index (χ3n) is 3.95. The van der Waals surface area contributed by atoms with Crippen LogP contribution in [0.5, 0.6) is 0 Å². The first-order valence-corrected chi connectivity index (χ1v) is 6.51. The molecular formula is C13H27N3O. The molecule has 1 saturated carbocycles. The van der Waals surface area contributed by atoms with E-state index in [9.17, 15) is 5.11 Å². The predicted octanol–water partition coefficient (Wildman–Crippen LogP) is 1.58. The highest BCUT2D eigenvalue weighted by molar-refractivity contribution is 5.82. The van der Waals surface area contributed by atoms with Crippen LogP contribution < -0.4 is 5.73 Å². The fourth-order valence-electron chi connectivity index (χ4n) is 2.38. The van der Waals surface area contributed by atoms with E-state index in [4.69, 9.17) is 11.1 Å². The normalized spacial score (nSPS) is 19.8. The lowest BCUT2D eigenvalue weighted by Crippen LogP contribution is -2.41. The summed E-state index contributed by atoms with van der Waals surface area (Å²) < 4.78 is 0. The SMILES string of the molecule is CN(CCC(C)(C)C(=N)N)CC1(O)CCCC1. The molecule has 0 spiro atoms. The van der Waals surface area contributed by atoms with Crippen LogP contribution in [0.3, 0.4) is 0 Å². The molecule has 0 heterocycles. The van der Waals surface area contributed by atoms with Crippen LogP contribution in [0, 0.1) is 10.8 Å². The Morgan fingerprint density at radius 1 is 1.41 bits per heavy atom. The molecule has 4 N–H and O–H groups in total. The largest absolute Gasteiger partial charge is 0.389 e. The van der Waals surface area contributed by atoms with Gasteiger partial charge in [-0.1, -0.05) is 26.7 Å². The Balaban J connectivity index is 2.35. The van der Waals surface area contributed by atoms with Gasteiger partial charge in [0.15, 0.2) is 0 Å². The third-order valence-corrected chi connectivity index (χ3v) is 3.95. The Morgan fingerprint density at radius 3 is 2.41 bits per heavy atom. The number of nitrogens with one attached hydrogen (secondary N) is 1. The summed E-state index contributed by atoms with van der Waals surface area (Å²) in [5.41, 5.74) is 4.84. The smallest absolute Gasteiger partial charge is 0.0963 e. The molecule has 0 aromatic carbocycles. The Labute approximate surface area is 105 Å². The molecule has 1 fully saturated rings. The monoisotopic (exact) mass is 241 g/mol. The maximum Gasteiger partial charge on any atom is 0.0963 e. The summed E-state index contributed by atoms with van der Waals surface area (Å²) in [5.74, 6) is 0.241. The molecule has 100 valence electrons. The average molecular weight is 241 g/mol. The number of amidine groups is 1. The van der Waals surface area contributed by atoms with E-state index >= 15 is 0 Å². The molecule has 1 aliphatic rings. The van der Waals surface area contributed by atoms with Crippen LogP contribution in [-0.2, 0) is 0 Å². The first-order chi connectivity index (χ1) is 7.75. The molecule has 1 aliphatic carbocycles. The van der Waals surface area contributed by atoms with Crippen LogP contribution in [0.4, 0.5) is 0 Å². The van der Waals surface area contributed by atoms with Gasteiger partial charge in [-0.05, 0) is 32.9 Å². The standard InChI is InChI=1S/C13H27N3O/c1-12(2,11(14)15)8-9-16(3)10-13(17)6-4-5-7-13/h17H,4-10H2,1-3H3,(H3,14,15). The molecule has 0 saturated heterocycles. The summed E-state index contributed by atoms with van der Waals surface area (Å²) in [7, 11) is 2.03. The average Bonchev–Trinajstić information content (AvgIpc) is 2.62. The predicted molar refractivity (Wildman–Crippen MR) is 71.2 cm³/mol. The minimum Gasteiger partial charge on any atom is -0.389 e. The second-order valence-electron chi connectivity index (χ2n) is 6.22. The molecule has 0 unspecified atom stereocenters. The highest BCUT2D eigenvalue weighted by Gasteiger charge is 2.32. The number of hydrogen-bond donors (Lipinski definition) is 3. The summed E-state index contributed by atoms with van der Waals surface area (Å²) in [6.45, 7) is 5.59. The zero-order valence-corrected chi connectivity index (χ0v) is 11.4. The summed E-state index contributed by atoms with van der Waals surface area (Å²) in [6, 6.07) is 0. The van der Waals surface area contributed by atoms with Crippen LogP contribution in [-0.4, -0.2) is 41.6 Å². The molecular weight excluding hydrogens is 214 g/mol. The van der Waals surface area contributed by atoms with Gasteiger partial charge in [0.25, 0.3) is 0 Å². The Morgan fingerprint density at radius 2 is 1.94 bits per heavy atom. The van der Waals surface area contributed by atoms with Gasteiger partial charge in [0.1, 0.15) is 0 Å². The minimum absolute atomic E-state index is 0.241. The summed E-state index contributed by atoms with van der Waals surface area (Å²) in [5, 5.41) is 17.8. The number of hydrogen-bond acceptors (Lipinski definition) is 3. The van der Waals surface area contributed by atoms with Crippen molar-refractivity contribution in [2.45, 2.75) is 51.6 Å². The molecule has 0 amide bonds. The van der Waals surface area contributed by atoms with Crippen LogP contribution in [0.15, 0.2) is 0 Å². The molecule has 0 radical (unpaired) electrons. The van der Waals surface area contributed by atoms with E-state index in [2.05, 4.69) is 4.90 Å². The molecule has 0 bridgehead atoms. The Hall–Kier alpha value is -0.610. The van der Waals surface area contributed by atoms with Gasteiger partial charge in [0, 0.05) is 12.0 Å². The van der Waals surface area contributed by atoms with Crippen molar-refractivity contribution in [3.05, 3.63) is 0 Å². The fraction of sp³-hybridized carbons (Fsp3) is 0.923. The van der Waals surface area contributed by atoms with Crippen LogP contribution in [0.25, 0.3) is 0 Å². The van der Waals surface area contributed by atoms with Crippen molar-refractivity contribution < 1.29 is 5.11 Å². The number of nitrogens with zero attached hydrogens (tertiary/aromatic N) is 1. The lowest BCUT2D eigenvalue weighted by atomic mass is 9.88.